The van der Waals surface area contributed by atoms with Crippen molar-refractivity contribution in [1.82, 2.24) is 4.72 Å². The van der Waals surface area contributed by atoms with E-state index in [1.807, 2.05) is 0 Å². The number of furan rings is 1. The first-order valence-corrected chi connectivity index (χ1v) is 7.27. The summed E-state index contributed by atoms with van der Waals surface area (Å²) >= 11 is 0. The molecule has 8 heteroatoms. The number of rotatable bonds is 4. The number of halogens is 1. The Labute approximate surface area is 113 Å². The first kappa shape index (κ1) is 13.1. The number of carbonyl (C=O) groups is 1. The van der Waals surface area contributed by atoms with E-state index in [4.69, 9.17) is 9.52 Å². The van der Waals surface area contributed by atoms with Crippen molar-refractivity contribution in [3.05, 3.63) is 30.1 Å². The van der Waals surface area contributed by atoms with Crippen molar-refractivity contribution in [2.45, 2.75) is 23.5 Å². The number of aliphatic carboxylic acids is 1. The Balaban J connectivity index is 1.99. The lowest BCUT2D eigenvalue weighted by atomic mass is 10.2. The topological polar surface area (TPSA) is 96.6 Å². The summed E-state index contributed by atoms with van der Waals surface area (Å²) in [5, 5.41) is 8.85. The van der Waals surface area contributed by atoms with Gasteiger partial charge in [0.25, 0.3) is 10.0 Å². The lowest BCUT2D eigenvalue weighted by Gasteiger charge is -2.10. The van der Waals surface area contributed by atoms with E-state index in [1.165, 1.54) is 12.1 Å². The predicted molar refractivity (Wildman–Crippen MR) is 66.1 cm³/mol. The van der Waals surface area contributed by atoms with Crippen molar-refractivity contribution in [1.29, 1.82) is 0 Å². The zero-order valence-electron chi connectivity index (χ0n) is 10.1. The summed E-state index contributed by atoms with van der Waals surface area (Å²) in [6.07, 6.45) is 0.465. The second-order valence-corrected chi connectivity index (χ2v) is 6.35. The quantitative estimate of drug-likeness (QED) is 0.891. The number of fused-ring (bicyclic) bond motifs is 1. The number of sulfonamides is 1. The molecule has 0 saturated heterocycles. The van der Waals surface area contributed by atoms with E-state index in [0.29, 0.717) is 5.39 Å². The van der Waals surface area contributed by atoms with Crippen LogP contribution in [0.2, 0.25) is 0 Å². The average Bonchev–Trinajstić information content (AvgIpc) is 3.00. The molecule has 1 aromatic heterocycles. The molecule has 1 aliphatic carbocycles. The van der Waals surface area contributed by atoms with Crippen LogP contribution in [0.25, 0.3) is 11.0 Å². The minimum absolute atomic E-state index is 0.215. The van der Waals surface area contributed by atoms with Gasteiger partial charge in [-0.05, 0) is 31.0 Å². The zero-order chi connectivity index (χ0) is 14.5. The molecule has 0 aliphatic heterocycles. The Hall–Kier alpha value is -1.93. The van der Waals surface area contributed by atoms with E-state index in [-0.39, 0.29) is 18.4 Å². The molecule has 0 bridgehead atoms. The van der Waals surface area contributed by atoms with Crippen LogP contribution in [-0.2, 0) is 14.8 Å². The van der Waals surface area contributed by atoms with Crippen LogP contribution in [0.5, 0.6) is 0 Å². The van der Waals surface area contributed by atoms with E-state index in [9.17, 15) is 17.6 Å². The Kier molecular flexibility index (Phi) is 2.63. The molecule has 1 saturated carbocycles. The summed E-state index contributed by atoms with van der Waals surface area (Å²) in [6.45, 7) is 0. The van der Waals surface area contributed by atoms with Gasteiger partial charge in [0.2, 0.25) is 5.09 Å². The lowest BCUT2D eigenvalue weighted by molar-refractivity contribution is -0.140. The van der Waals surface area contributed by atoms with E-state index >= 15 is 0 Å². The van der Waals surface area contributed by atoms with Crippen molar-refractivity contribution < 1.29 is 27.1 Å². The van der Waals surface area contributed by atoms with Gasteiger partial charge in [-0.25, -0.2) is 12.8 Å². The first-order valence-electron chi connectivity index (χ1n) is 5.79. The Morgan fingerprint density at radius 2 is 2.05 bits per heavy atom. The van der Waals surface area contributed by atoms with Crippen molar-refractivity contribution in [2.75, 3.05) is 0 Å². The summed E-state index contributed by atoms with van der Waals surface area (Å²) in [5.41, 5.74) is -1.23. The van der Waals surface area contributed by atoms with E-state index in [0.717, 1.165) is 12.1 Å². The third-order valence-corrected chi connectivity index (χ3v) is 4.60. The molecule has 1 heterocycles. The van der Waals surface area contributed by atoms with Gasteiger partial charge in [-0.3, -0.25) is 4.79 Å². The highest BCUT2D eigenvalue weighted by Crippen LogP contribution is 2.37. The molecule has 1 fully saturated rings. The van der Waals surface area contributed by atoms with E-state index < -0.39 is 32.4 Å². The summed E-state index contributed by atoms with van der Waals surface area (Å²) < 4.78 is 44.5. The molecule has 20 heavy (non-hydrogen) atoms. The highest BCUT2D eigenvalue weighted by molar-refractivity contribution is 7.89. The SMILES string of the molecule is O=C(O)C1(NS(=O)(=O)c2cc3cc(F)ccc3o2)CC1. The fraction of sp³-hybridized carbons (Fsp3) is 0.250. The van der Waals surface area contributed by atoms with Gasteiger partial charge in [0.15, 0.2) is 0 Å². The van der Waals surface area contributed by atoms with Gasteiger partial charge in [0.1, 0.15) is 16.9 Å². The van der Waals surface area contributed by atoms with Crippen LogP contribution in [0.15, 0.2) is 33.8 Å². The van der Waals surface area contributed by atoms with Crippen LogP contribution in [0.4, 0.5) is 4.39 Å². The van der Waals surface area contributed by atoms with Crippen molar-refractivity contribution in [2.24, 2.45) is 0 Å². The van der Waals surface area contributed by atoms with Gasteiger partial charge in [-0.2, -0.15) is 4.72 Å². The van der Waals surface area contributed by atoms with Crippen LogP contribution in [0.1, 0.15) is 12.8 Å². The molecule has 0 unspecified atom stereocenters. The third kappa shape index (κ3) is 2.06. The van der Waals surface area contributed by atoms with Gasteiger partial charge in [-0.1, -0.05) is 0 Å². The largest absolute Gasteiger partial charge is 0.480 e. The number of hydrogen-bond donors (Lipinski definition) is 2. The van der Waals surface area contributed by atoms with Gasteiger partial charge < -0.3 is 9.52 Å². The van der Waals surface area contributed by atoms with Gasteiger partial charge in [0, 0.05) is 11.5 Å². The number of hydrogen-bond acceptors (Lipinski definition) is 4. The third-order valence-electron chi connectivity index (χ3n) is 3.21. The highest BCUT2D eigenvalue weighted by Gasteiger charge is 2.53. The molecule has 1 aromatic carbocycles. The Morgan fingerprint density at radius 1 is 1.35 bits per heavy atom. The number of nitrogens with one attached hydrogen (secondary N) is 1. The van der Waals surface area contributed by atoms with Crippen molar-refractivity contribution in [3.8, 4) is 0 Å². The molecule has 106 valence electrons. The summed E-state index contributed by atoms with van der Waals surface area (Å²) in [6, 6.07) is 4.77. The molecule has 0 amide bonds. The first-order chi connectivity index (χ1) is 9.32. The highest BCUT2D eigenvalue weighted by atomic mass is 32.2. The Bertz CT molecular complexity index is 806. The molecule has 3 rings (SSSR count). The number of carboxylic acids is 1. The maximum atomic E-state index is 13.0. The summed E-state index contributed by atoms with van der Waals surface area (Å²) in [7, 11) is -4.10. The standard InChI is InChI=1S/C12H10FNO5S/c13-8-1-2-9-7(5-8)6-10(19-9)20(17,18)14-12(3-4-12)11(15)16/h1-2,5-6,14H,3-4H2,(H,15,16). The smallest absolute Gasteiger partial charge is 0.324 e. The molecule has 1 aliphatic rings. The fourth-order valence-corrected chi connectivity index (χ4v) is 3.30. The monoisotopic (exact) mass is 299 g/mol. The zero-order valence-corrected chi connectivity index (χ0v) is 10.9. The fourth-order valence-electron chi connectivity index (χ4n) is 1.91. The van der Waals surface area contributed by atoms with Crippen LogP contribution in [0, 0.1) is 5.82 Å². The molecule has 2 aromatic rings. The normalized spacial score (nSPS) is 17.2. The predicted octanol–water partition coefficient (Wildman–Crippen LogP) is 1.47. The average molecular weight is 299 g/mol. The maximum Gasteiger partial charge on any atom is 0.324 e. The number of carboxylic acid groups (broad SMARTS) is 1. The van der Waals surface area contributed by atoms with Crippen LogP contribution >= 0.6 is 0 Å². The molecular weight excluding hydrogens is 289 g/mol. The maximum absolute atomic E-state index is 13.0. The van der Waals surface area contributed by atoms with Crippen LogP contribution < -0.4 is 4.72 Å². The minimum atomic E-state index is -4.10. The molecule has 0 radical (unpaired) electrons. The number of benzene rings is 1. The van der Waals surface area contributed by atoms with Crippen molar-refractivity contribution >= 4 is 27.0 Å². The van der Waals surface area contributed by atoms with Crippen molar-refractivity contribution in [3.63, 3.8) is 0 Å². The second kappa shape index (κ2) is 4.03. The van der Waals surface area contributed by atoms with Gasteiger partial charge in [0.05, 0.1) is 0 Å². The Morgan fingerprint density at radius 3 is 2.65 bits per heavy atom. The van der Waals surface area contributed by atoms with Crippen LogP contribution in [0.3, 0.4) is 0 Å². The summed E-state index contributed by atoms with van der Waals surface area (Å²) in [5.74, 6) is -1.73. The molecular formula is C12H10FNO5S. The second-order valence-electron chi connectivity index (χ2n) is 4.74. The lowest BCUT2D eigenvalue weighted by Crippen LogP contribution is -2.42. The molecule has 0 spiro atoms. The molecule has 2 N–H and O–H groups in total. The molecule has 6 nitrogen and oxygen atoms in total. The summed E-state index contributed by atoms with van der Waals surface area (Å²) in [4.78, 5) is 11.0. The van der Waals surface area contributed by atoms with Gasteiger partial charge in [-0.15, -0.1) is 0 Å². The van der Waals surface area contributed by atoms with Gasteiger partial charge >= 0.3 is 5.97 Å². The minimum Gasteiger partial charge on any atom is -0.480 e. The van der Waals surface area contributed by atoms with Crippen LogP contribution in [-0.4, -0.2) is 25.0 Å². The van der Waals surface area contributed by atoms with E-state index in [2.05, 4.69) is 4.72 Å². The van der Waals surface area contributed by atoms with E-state index in [1.54, 1.807) is 0 Å². The molecule has 0 atom stereocenters.